The first-order valence-electron chi connectivity index (χ1n) is 14.1. The Hall–Kier alpha value is -2.68. The Kier molecular flexibility index (Phi) is 8.56. The number of anilines is 1. The van der Waals surface area contributed by atoms with E-state index in [-0.39, 0.29) is 36.8 Å². The van der Waals surface area contributed by atoms with E-state index in [0.29, 0.717) is 36.5 Å². The number of aryl methyl sites for hydroxylation is 1. The second-order valence-corrected chi connectivity index (χ2v) is 12.2. The number of ether oxygens (including phenoxy) is 1. The van der Waals surface area contributed by atoms with Gasteiger partial charge >= 0.3 is 0 Å². The maximum absolute atomic E-state index is 14.8. The molecule has 3 heterocycles. The number of likely N-dealkylation sites (tertiary alicyclic amines) is 1. The molecular formula is C31H42ClN3O5. The molecule has 1 aromatic rings. The molecule has 0 aliphatic carbocycles. The van der Waals surface area contributed by atoms with Crippen molar-refractivity contribution in [2.45, 2.75) is 70.2 Å². The highest BCUT2D eigenvalue weighted by Crippen LogP contribution is 2.64. The second-order valence-electron chi connectivity index (χ2n) is 11.8. The smallest absolute Gasteiger partial charge is 0.253 e. The third kappa shape index (κ3) is 4.48. The van der Waals surface area contributed by atoms with Crippen LogP contribution < -0.4 is 4.90 Å². The monoisotopic (exact) mass is 571 g/mol. The first-order chi connectivity index (χ1) is 18.9. The number of carbonyl (C=O) groups excluding carboxylic acids is 3. The summed E-state index contributed by atoms with van der Waals surface area (Å²) in [6, 6.07) is 3.75. The van der Waals surface area contributed by atoms with Crippen molar-refractivity contribution in [1.82, 2.24) is 9.80 Å². The molecule has 1 aromatic carbocycles. The van der Waals surface area contributed by atoms with Gasteiger partial charge in [0.15, 0.2) is 0 Å². The summed E-state index contributed by atoms with van der Waals surface area (Å²) >= 11 is 6.64. The van der Waals surface area contributed by atoms with Crippen LogP contribution in [-0.2, 0) is 19.1 Å². The van der Waals surface area contributed by atoms with Gasteiger partial charge in [0.25, 0.3) is 5.91 Å². The third-order valence-electron chi connectivity index (χ3n) is 9.37. The molecule has 2 bridgehead atoms. The van der Waals surface area contributed by atoms with Crippen LogP contribution in [-0.4, -0.2) is 82.7 Å². The van der Waals surface area contributed by atoms with Gasteiger partial charge < -0.3 is 24.5 Å². The first kappa shape index (κ1) is 30.3. The normalized spacial score (nSPS) is 30.1. The molecule has 7 atom stereocenters. The van der Waals surface area contributed by atoms with Gasteiger partial charge in [-0.1, -0.05) is 56.2 Å². The summed E-state index contributed by atoms with van der Waals surface area (Å²) < 4.78 is 6.78. The lowest BCUT2D eigenvalue weighted by Crippen LogP contribution is -2.60. The van der Waals surface area contributed by atoms with Crippen molar-refractivity contribution in [1.29, 1.82) is 0 Å². The molecule has 218 valence electrons. The van der Waals surface area contributed by atoms with E-state index < -0.39 is 35.1 Å². The molecule has 0 radical (unpaired) electrons. The minimum atomic E-state index is -1.21. The molecule has 40 heavy (non-hydrogen) atoms. The Bertz CT molecular complexity index is 1190. The molecule has 3 aliphatic rings. The lowest BCUT2D eigenvalue weighted by atomic mass is 9.66. The van der Waals surface area contributed by atoms with E-state index in [1.54, 1.807) is 40.0 Å². The molecule has 0 saturated carbocycles. The minimum Gasteiger partial charge on any atom is -0.394 e. The van der Waals surface area contributed by atoms with Gasteiger partial charge in [-0.3, -0.25) is 14.4 Å². The second kappa shape index (κ2) is 11.3. The van der Waals surface area contributed by atoms with Gasteiger partial charge in [-0.05, 0) is 44.2 Å². The number of aliphatic hydroxyl groups excluding tert-OH is 1. The van der Waals surface area contributed by atoms with Gasteiger partial charge in [0.1, 0.15) is 11.6 Å². The number of halogens is 1. The third-order valence-corrected chi connectivity index (χ3v) is 9.68. The number of nitrogens with zero attached hydrogens (tertiary/aromatic N) is 3. The van der Waals surface area contributed by atoms with Crippen LogP contribution >= 0.6 is 11.6 Å². The zero-order chi connectivity index (χ0) is 29.6. The van der Waals surface area contributed by atoms with Gasteiger partial charge in [0, 0.05) is 20.1 Å². The number of rotatable bonds is 11. The lowest BCUT2D eigenvalue weighted by Gasteiger charge is -2.41. The quantitative estimate of drug-likeness (QED) is 0.406. The maximum atomic E-state index is 14.8. The van der Waals surface area contributed by atoms with Gasteiger partial charge in [-0.25, -0.2) is 0 Å². The first-order valence-corrected chi connectivity index (χ1v) is 14.5. The van der Waals surface area contributed by atoms with Crippen LogP contribution in [0.3, 0.4) is 0 Å². The Morgan fingerprint density at radius 3 is 2.50 bits per heavy atom. The Balaban J connectivity index is 1.91. The van der Waals surface area contributed by atoms with Crippen LogP contribution in [0.5, 0.6) is 0 Å². The van der Waals surface area contributed by atoms with E-state index in [0.717, 1.165) is 5.56 Å². The maximum Gasteiger partial charge on any atom is 0.253 e. The summed E-state index contributed by atoms with van der Waals surface area (Å²) in [6.45, 7) is 15.5. The highest BCUT2D eigenvalue weighted by molar-refractivity contribution is 6.34. The fourth-order valence-electron chi connectivity index (χ4n) is 7.24. The largest absolute Gasteiger partial charge is 0.394 e. The van der Waals surface area contributed by atoms with Crippen LogP contribution in [0, 0.1) is 24.7 Å². The molecule has 0 aromatic heterocycles. The standard InChI is InChI=1S/C31H42ClN3O5/c1-8-16-33(7)27(37)23-24-28(38)35(22(18-36)19(4)10-3)26(31(24)15-14-30(23,6)40-31)29(39)34(17-9-2)25-20(5)12-11-13-21(25)32/h8-9,11-13,19,22-24,26,36H,1-2,10,14-18H2,3-7H3/t19-,22-,23+,24-,26?,30-,31?/m0/s1. The zero-order valence-corrected chi connectivity index (χ0v) is 25.0. The number of likely N-dealkylation sites (N-methyl/N-ethyl adjacent to an activating group) is 1. The predicted octanol–water partition coefficient (Wildman–Crippen LogP) is 3.98. The van der Waals surface area contributed by atoms with E-state index in [4.69, 9.17) is 16.3 Å². The average molecular weight is 572 g/mol. The van der Waals surface area contributed by atoms with Crippen LogP contribution in [0.1, 0.15) is 45.6 Å². The number of hydrogen-bond acceptors (Lipinski definition) is 5. The van der Waals surface area contributed by atoms with Crippen molar-refractivity contribution in [3.63, 3.8) is 0 Å². The molecular weight excluding hydrogens is 530 g/mol. The van der Waals surface area contributed by atoms with Crippen molar-refractivity contribution in [2.75, 3.05) is 31.6 Å². The van der Waals surface area contributed by atoms with E-state index >= 15 is 0 Å². The summed E-state index contributed by atoms with van der Waals surface area (Å²) in [7, 11) is 1.69. The number of aliphatic hydroxyl groups is 1. The fourth-order valence-corrected chi connectivity index (χ4v) is 7.57. The van der Waals surface area contributed by atoms with Gasteiger partial charge in [0.2, 0.25) is 11.8 Å². The van der Waals surface area contributed by atoms with Crippen molar-refractivity contribution in [3.05, 3.63) is 54.1 Å². The average Bonchev–Trinajstić information content (AvgIpc) is 3.48. The SMILES string of the molecule is C=CCN(C)C(=O)[C@H]1[C@H]2C(=O)N([C@@H](CO)[C@@H](C)CC)C(C(=O)N(CC=C)c3c(C)cccc3Cl)C23CC[C@]1(C)O3. The summed E-state index contributed by atoms with van der Waals surface area (Å²) in [5.41, 5.74) is -0.765. The molecule has 8 nitrogen and oxygen atoms in total. The number of carbonyl (C=O) groups is 3. The summed E-state index contributed by atoms with van der Waals surface area (Å²) in [6.07, 6.45) is 4.94. The summed E-state index contributed by atoms with van der Waals surface area (Å²) in [4.78, 5) is 47.8. The van der Waals surface area contributed by atoms with Gasteiger partial charge in [-0.2, -0.15) is 0 Å². The van der Waals surface area contributed by atoms with Crippen molar-refractivity contribution >= 4 is 35.0 Å². The number of amides is 3. The molecule has 3 saturated heterocycles. The zero-order valence-electron chi connectivity index (χ0n) is 24.2. The summed E-state index contributed by atoms with van der Waals surface area (Å²) in [5.74, 6) is -2.59. The number of hydrogen-bond donors (Lipinski definition) is 1. The van der Waals surface area contributed by atoms with E-state index in [9.17, 15) is 19.5 Å². The number of benzene rings is 1. The molecule has 1 N–H and O–H groups in total. The topological polar surface area (TPSA) is 90.4 Å². The van der Waals surface area contributed by atoms with Crippen molar-refractivity contribution in [2.24, 2.45) is 17.8 Å². The predicted molar refractivity (Wildman–Crippen MR) is 156 cm³/mol. The minimum absolute atomic E-state index is 0.0974. The highest BCUT2D eigenvalue weighted by Gasteiger charge is 2.79. The van der Waals surface area contributed by atoms with Crippen LogP contribution in [0.4, 0.5) is 5.69 Å². The van der Waals surface area contributed by atoms with Crippen LogP contribution in [0.25, 0.3) is 0 Å². The molecule has 1 spiro atoms. The Morgan fingerprint density at radius 2 is 1.93 bits per heavy atom. The van der Waals surface area contributed by atoms with E-state index in [2.05, 4.69) is 13.2 Å². The summed E-state index contributed by atoms with van der Waals surface area (Å²) in [5, 5.41) is 11.0. The fraction of sp³-hybridized carbons (Fsp3) is 0.581. The Morgan fingerprint density at radius 1 is 1.25 bits per heavy atom. The molecule has 3 fully saturated rings. The molecule has 3 aliphatic heterocycles. The van der Waals surface area contributed by atoms with Crippen molar-refractivity contribution < 1.29 is 24.2 Å². The molecule has 9 heteroatoms. The lowest BCUT2D eigenvalue weighted by molar-refractivity contribution is -0.152. The molecule has 4 rings (SSSR count). The van der Waals surface area contributed by atoms with Crippen LogP contribution in [0.2, 0.25) is 5.02 Å². The number of fused-ring (bicyclic) bond motifs is 1. The van der Waals surface area contributed by atoms with Crippen molar-refractivity contribution in [3.8, 4) is 0 Å². The van der Waals surface area contributed by atoms with Crippen LogP contribution in [0.15, 0.2) is 43.5 Å². The van der Waals surface area contributed by atoms with E-state index in [1.807, 2.05) is 39.8 Å². The Labute approximate surface area is 242 Å². The van der Waals surface area contributed by atoms with E-state index in [1.165, 1.54) is 0 Å². The van der Waals surface area contributed by atoms with Gasteiger partial charge in [-0.15, -0.1) is 13.2 Å². The highest BCUT2D eigenvalue weighted by atomic mass is 35.5. The molecule has 2 unspecified atom stereocenters. The molecule has 3 amide bonds. The van der Waals surface area contributed by atoms with Gasteiger partial charge in [0.05, 0.1) is 40.8 Å². The number of para-hydroxylation sites is 1.